The van der Waals surface area contributed by atoms with Crippen LogP contribution < -0.4 is 0 Å². The maximum Gasteiger partial charge on any atom is 0.307 e. The summed E-state index contributed by atoms with van der Waals surface area (Å²) in [6.07, 6.45) is 3.29. The highest BCUT2D eigenvalue weighted by Crippen LogP contribution is 2.21. The predicted octanol–water partition coefficient (Wildman–Crippen LogP) is 1.52. The summed E-state index contributed by atoms with van der Waals surface area (Å²) in [5, 5.41) is 0. The summed E-state index contributed by atoms with van der Waals surface area (Å²) < 4.78 is 9.74. The van der Waals surface area contributed by atoms with Crippen molar-refractivity contribution in [2.24, 2.45) is 0 Å². The van der Waals surface area contributed by atoms with Crippen LogP contribution in [0.25, 0.3) is 0 Å². The largest absolute Gasteiger partial charge is 0.469 e. The summed E-state index contributed by atoms with van der Waals surface area (Å²) in [6.45, 7) is 5.28. The number of methoxy groups -OCH3 is 1. The molecule has 0 atom stereocenters. The third-order valence-electron chi connectivity index (χ3n) is 2.45. The minimum Gasteiger partial charge on any atom is -0.469 e. The Morgan fingerprint density at radius 2 is 1.68 bits per heavy atom. The quantitative estimate of drug-likeness (QED) is 0.752. The third kappa shape index (κ3) is 4.65. The molecular formula is C13H18N2O4. The Morgan fingerprint density at radius 3 is 2.21 bits per heavy atom. The molecule has 6 heteroatoms. The fourth-order valence-electron chi connectivity index (χ4n) is 1.39. The first-order chi connectivity index (χ1) is 8.85. The molecule has 0 saturated heterocycles. The smallest absolute Gasteiger partial charge is 0.307 e. The molecule has 1 aromatic rings. The van der Waals surface area contributed by atoms with Crippen LogP contribution in [0.3, 0.4) is 0 Å². The zero-order valence-corrected chi connectivity index (χ0v) is 11.6. The zero-order chi connectivity index (χ0) is 14.5. The van der Waals surface area contributed by atoms with Gasteiger partial charge >= 0.3 is 11.9 Å². The lowest BCUT2D eigenvalue weighted by Gasteiger charge is -2.23. The molecule has 0 saturated carbocycles. The molecule has 0 fully saturated rings. The molecule has 1 rings (SSSR count). The first kappa shape index (κ1) is 15.1. The average molecular weight is 266 g/mol. The molecule has 0 radical (unpaired) electrons. The SMILES string of the molecule is COC(=O)CCC(=O)OC(C)(C)c1ncc(C)cn1. The summed E-state index contributed by atoms with van der Waals surface area (Å²) in [6, 6.07) is 0. The predicted molar refractivity (Wildman–Crippen MR) is 67.1 cm³/mol. The molecule has 19 heavy (non-hydrogen) atoms. The number of nitrogens with zero attached hydrogens (tertiary/aromatic N) is 2. The van der Waals surface area contributed by atoms with Gasteiger partial charge in [0.1, 0.15) is 0 Å². The first-order valence-corrected chi connectivity index (χ1v) is 5.93. The van der Waals surface area contributed by atoms with Crippen molar-refractivity contribution in [1.82, 2.24) is 9.97 Å². The van der Waals surface area contributed by atoms with Crippen LogP contribution in [-0.2, 0) is 24.7 Å². The fraction of sp³-hybridized carbons (Fsp3) is 0.538. The van der Waals surface area contributed by atoms with E-state index in [1.54, 1.807) is 26.2 Å². The van der Waals surface area contributed by atoms with Crippen molar-refractivity contribution in [3.8, 4) is 0 Å². The Labute approximate surface area is 112 Å². The highest BCUT2D eigenvalue weighted by Gasteiger charge is 2.28. The Hall–Kier alpha value is -1.98. The number of esters is 2. The molecule has 0 N–H and O–H groups in total. The van der Waals surface area contributed by atoms with E-state index in [1.807, 2.05) is 6.92 Å². The molecule has 0 amide bonds. The lowest BCUT2D eigenvalue weighted by molar-refractivity contribution is -0.160. The third-order valence-corrected chi connectivity index (χ3v) is 2.45. The maximum absolute atomic E-state index is 11.6. The molecule has 0 aromatic carbocycles. The Bertz CT molecular complexity index is 454. The van der Waals surface area contributed by atoms with Gasteiger partial charge in [-0.1, -0.05) is 0 Å². The van der Waals surface area contributed by atoms with Crippen LogP contribution in [-0.4, -0.2) is 29.0 Å². The zero-order valence-electron chi connectivity index (χ0n) is 11.6. The van der Waals surface area contributed by atoms with Gasteiger partial charge in [-0.05, 0) is 26.3 Å². The second-order valence-corrected chi connectivity index (χ2v) is 4.64. The van der Waals surface area contributed by atoms with Gasteiger partial charge in [-0.3, -0.25) is 9.59 Å². The number of aryl methyl sites for hydroxylation is 1. The monoisotopic (exact) mass is 266 g/mol. The van der Waals surface area contributed by atoms with Crippen LogP contribution in [0.4, 0.5) is 0 Å². The van der Waals surface area contributed by atoms with Crippen molar-refractivity contribution in [1.29, 1.82) is 0 Å². The van der Waals surface area contributed by atoms with Crippen molar-refractivity contribution in [2.45, 2.75) is 39.2 Å². The summed E-state index contributed by atoms with van der Waals surface area (Å²) in [4.78, 5) is 30.8. The minimum atomic E-state index is -0.930. The van der Waals surface area contributed by atoms with E-state index >= 15 is 0 Å². The van der Waals surface area contributed by atoms with Gasteiger partial charge in [-0.25, -0.2) is 9.97 Å². The van der Waals surface area contributed by atoms with Gasteiger partial charge in [-0.15, -0.1) is 0 Å². The number of hydrogen-bond acceptors (Lipinski definition) is 6. The van der Waals surface area contributed by atoms with E-state index in [0.29, 0.717) is 5.82 Å². The molecule has 0 unspecified atom stereocenters. The van der Waals surface area contributed by atoms with E-state index in [2.05, 4.69) is 14.7 Å². The minimum absolute atomic E-state index is 0.000167. The number of carbonyl (C=O) groups excluding carboxylic acids is 2. The van der Waals surface area contributed by atoms with Crippen LogP contribution in [0.15, 0.2) is 12.4 Å². The molecule has 6 nitrogen and oxygen atoms in total. The number of carbonyl (C=O) groups is 2. The van der Waals surface area contributed by atoms with E-state index in [1.165, 1.54) is 7.11 Å². The van der Waals surface area contributed by atoms with Crippen LogP contribution in [0.5, 0.6) is 0 Å². The standard InChI is InChI=1S/C13H18N2O4/c1-9-7-14-12(15-8-9)13(2,3)19-11(17)6-5-10(16)18-4/h7-8H,5-6H2,1-4H3. The Balaban J connectivity index is 2.61. The lowest BCUT2D eigenvalue weighted by atomic mass is 10.1. The fourth-order valence-corrected chi connectivity index (χ4v) is 1.39. The second-order valence-electron chi connectivity index (χ2n) is 4.64. The molecule has 0 aliphatic heterocycles. The van der Waals surface area contributed by atoms with E-state index in [4.69, 9.17) is 4.74 Å². The molecule has 0 aliphatic carbocycles. The first-order valence-electron chi connectivity index (χ1n) is 5.93. The summed E-state index contributed by atoms with van der Waals surface area (Å²) in [5.41, 5.74) is -0.00228. The Morgan fingerprint density at radius 1 is 1.16 bits per heavy atom. The maximum atomic E-state index is 11.6. The van der Waals surface area contributed by atoms with Crippen molar-refractivity contribution in [3.63, 3.8) is 0 Å². The number of rotatable bonds is 5. The molecule has 0 spiro atoms. The normalized spacial score (nSPS) is 10.9. The number of ether oxygens (including phenoxy) is 2. The Kier molecular flexibility index (Phi) is 4.97. The van der Waals surface area contributed by atoms with Gasteiger partial charge in [0.25, 0.3) is 0 Å². The summed E-state index contributed by atoms with van der Waals surface area (Å²) >= 11 is 0. The molecule has 0 bridgehead atoms. The second kappa shape index (κ2) is 6.26. The van der Waals surface area contributed by atoms with E-state index < -0.39 is 17.5 Å². The van der Waals surface area contributed by atoms with Crippen LogP contribution in [0.2, 0.25) is 0 Å². The van der Waals surface area contributed by atoms with Crippen molar-refractivity contribution in [2.75, 3.05) is 7.11 Å². The van der Waals surface area contributed by atoms with Gasteiger partial charge in [0.15, 0.2) is 11.4 Å². The molecule has 1 heterocycles. The molecular weight excluding hydrogens is 248 g/mol. The van der Waals surface area contributed by atoms with Gasteiger partial charge < -0.3 is 9.47 Å². The van der Waals surface area contributed by atoms with Gasteiger partial charge in [0, 0.05) is 12.4 Å². The van der Waals surface area contributed by atoms with Crippen molar-refractivity contribution < 1.29 is 19.1 Å². The molecule has 1 aromatic heterocycles. The summed E-state index contributed by atoms with van der Waals surface area (Å²) in [7, 11) is 1.28. The van der Waals surface area contributed by atoms with Crippen LogP contribution in [0, 0.1) is 6.92 Å². The molecule has 0 aliphatic rings. The van der Waals surface area contributed by atoms with Crippen LogP contribution >= 0.6 is 0 Å². The van der Waals surface area contributed by atoms with Crippen molar-refractivity contribution in [3.05, 3.63) is 23.8 Å². The van der Waals surface area contributed by atoms with Crippen LogP contribution in [0.1, 0.15) is 38.1 Å². The number of aromatic nitrogens is 2. The van der Waals surface area contributed by atoms with Gasteiger partial charge in [-0.2, -0.15) is 0 Å². The van der Waals surface area contributed by atoms with E-state index in [-0.39, 0.29) is 12.8 Å². The van der Waals surface area contributed by atoms with E-state index in [0.717, 1.165) is 5.56 Å². The topological polar surface area (TPSA) is 78.4 Å². The highest BCUT2D eigenvalue weighted by atomic mass is 16.6. The van der Waals surface area contributed by atoms with E-state index in [9.17, 15) is 9.59 Å². The van der Waals surface area contributed by atoms with Gasteiger partial charge in [0.2, 0.25) is 0 Å². The average Bonchev–Trinajstić information content (AvgIpc) is 2.36. The number of hydrogen-bond donors (Lipinski definition) is 0. The highest BCUT2D eigenvalue weighted by molar-refractivity contribution is 5.77. The van der Waals surface area contributed by atoms with Gasteiger partial charge in [0.05, 0.1) is 20.0 Å². The van der Waals surface area contributed by atoms with Crippen molar-refractivity contribution >= 4 is 11.9 Å². The summed E-state index contributed by atoms with van der Waals surface area (Å²) in [5.74, 6) is -0.509. The molecule has 104 valence electrons. The lowest BCUT2D eigenvalue weighted by Crippen LogP contribution is -2.28.